The molecule has 2 nitrogen and oxygen atoms in total. The Hall–Kier alpha value is -1.83. The van der Waals surface area contributed by atoms with Gasteiger partial charge in [-0.25, -0.2) is 0 Å². The summed E-state index contributed by atoms with van der Waals surface area (Å²) in [6, 6.07) is 12.5. The lowest BCUT2D eigenvalue weighted by molar-refractivity contribution is 0.0972. The van der Waals surface area contributed by atoms with E-state index < -0.39 is 0 Å². The monoisotopic (exact) mass is 239 g/mol. The highest BCUT2D eigenvalue weighted by molar-refractivity contribution is 5.98. The van der Waals surface area contributed by atoms with Crippen LogP contribution in [0, 0.1) is 6.92 Å². The molecule has 2 heteroatoms. The molecule has 92 valence electrons. The van der Waals surface area contributed by atoms with Crippen molar-refractivity contribution in [2.45, 2.75) is 32.7 Å². The number of Topliss-reactive ketones (excluding diaryl/α,β-unsaturated/α-hetero) is 1. The van der Waals surface area contributed by atoms with Gasteiger partial charge in [0.05, 0.1) is 0 Å². The number of rotatable bonds is 2. The van der Waals surface area contributed by atoms with E-state index in [9.17, 15) is 4.79 Å². The van der Waals surface area contributed by atoms with Crippen molar-refractivity contribution in [1.82, 2.24) is 4.57 Å². The van der Waals surface area contributed by atoms with Crippen molar-refractivity contribution in [3.8, 4) is 0 Å². The first-order valence-electron chi connectivity index (χ1n) is 6.52. The summed E-state index contributed by atoms with van der Waals surface area (Å²) in [7, 11) is 0. The van der Waals surface area contributed by atoms with E-state index in [-0.39, 0.29) is 0 Å². The van der Waals surface area contributed by atoms with Gasteiger partial charge < -0.3 is 4.57 Å². The lowest BCUT2D eigenvalue weighted by Crippen LogP contribution is -2.14. The van der Waals surface area contributed by atoms with Crippen LogP contribution in [0.5, 0.6) is 0 Å². The summed E-state index contributed by atoms with van der Waals surface area (Å²) < 4.78 is 2.29. The molecule has 1 aliphatic carbocycles. The molecule has 0 fully saturated rings. The van der Waals surface area contributed by atoms with Gasteiger partial charge in [0, 0.05) is 29.9 Å². The van der Waals surface area contributed by atoms with Crippen LogP contribution in [0.15, 0.2) is 36.4 Å². The number of hydrogen-bond acceptors (Lipinski definition) is 1. The number of aryl methyl sites for hydroxylation is 1. The Morgan fingerprint density at radius 3 is 2.72 bits per heavy atom. The first-order chi connectivity index (χ1) is 8.75. The van der Waals surface area contributed by atoms with Crippen molar-refractivity contribution in [3.63, 3.8) is 0 Å². The predicted octanol–water partition coefficient (Wildman–Crippen LogP) is 3.36. The number of hydrogen-bond donors (Lipinski definition) is 0. The predicted molar refractivity (Wildman–Crippen MR) is 72.0 cm³/mol. The first-order valence-corrected chi connectivity index (χ1v) is 6.52. The SMILES string of the molecule is Cc1cc2c(n1Cc1ccccc1)CCCC2=O. The Morgan fingerprint density at radius 2 is 1.94 bits per heavy atom. The summed E-state index contributed by atoms with van der Waals surface area (Å²) in [5.41, 5.74) is 4.67. The molecule has 1 aliphatic rings. The highest BCUT2D eigenvalue weighted by Gasteiger charge is 2.22. The van der Waals surface area contributed by atoms with Crippen molar-refractivity contribution in [1.29, 1.82) is 0 Å². The fourth-order valence-corrected chi connectivity index (χ4v) is 2.78. The van der Waals surface area contributed by atoms with Crippen LogP contribution in [0.2, 0.25) is 0 Å². The molecule has 3 rings (SSSR count). The average molecular weight is 239 g/mol. The van der Waals surface area contributed by atoms with Crippen molar-refractivity contribution in [3.05, 3.63) is 58.9 Å². The second kappa shape index (κ2) is 4.45. The quantitative estimate of drug-likeness (QED) is 0.787. The summed E-state index contributed by atoms with van der Waals surface area (Å²) in [4.78, 5) is 11.9. The van der Waals surface area contributed by atoms with E-state index >= 15 is 0 Å². The topological polar surface area (TPSA) is 22.0 Å². The number of benzene rings is 1. The van der Waals surface area contributed by atoms with E-state index in [2.05, 4.69) is 41.8 Å². The zero-order valence-electron chi connectivity index (χ0n) is 10.6. The molecule has 0 amide bonds. The number of carbonyl (C=O) groups is 1. The summed E-state index contributed by atoms with van der Waals surface area (Å²) in [6.45, 7) is 2.96. The molecule has 0 aliphatic heterocycles. The molecule has 0 N–H and O–H groups in total. The average Bonchev–Trinajstić information content (AvgIpc) is 2.70. The second-order valence-corrected chi connectivity index (χ2v) is 4.99. The molecule has 0 saturated heterocycles. The van der Waals surface area contributed by atoms with Gasteiger partial charge in [0.1, 0.15) is 0 Å². The number of ketones is 1. The van der Waals surface area contributed by atoms with Crippen molar-refractivity contribution >= 4 is 5.78 Å². The molecule has 0 radical (unpaired) electrons. The lowest BCUT2D eigenvalue weighted by atomic mass is 9.96. The fraction of sp³-hybridized carbons (Fsp3) is 0.312. The molecule has 0 spiro atoms. The van der Waals surface area contributed by atoms with Crippen LogP contribution >= 0.6 is 0 Å². The Bertz CT molecular complexity index is 581. The third-order valence-corrected chi connectivity index (χ3v) is 3.72. The van der Waals surface area contributed by atoms with Gasteiger partial charge in [0.25, 0.3) is 0 Å². The molecule has 1 heterocycles. The van der Waals surface area contributed by atoms with Crippen LogP contribution in [0.4, 0.5) is 0 Å². The minimum absolute atomic E-state index is 0.311. The van der Waals surface area contributed by atoms with Gasteiger partial charge in [0.2, 0.25) is 0 Å². The van der Waals surface area contributed by atoms with E-state index in [4.69, 9.17) is 0 Å². The molecule has 0 bridgehead atoms. The summed E-state index contributed by atoms with van der Waals surface area (Å²) >= 11 is 0. The number of carbonyl (C=O) groups excluding carboxylic acids is 1. The maximum absolute atomic E-state index is 11.9. The van der Waals surface area contributed by atoms with Gasteiger partial charge in [-0.2, -0.15) is 0 Å². The molecule has 0 atom stereocenters. The Balaban J connectivity index is 2.00. The van der Waals surface area contributed by atoms with E-state index in [1.165, 1.54) is 17.0 Å². The van der Waals surface area contributed by atoms with Crippen LogP contribution in [-0.4, -0.2) is 10.4 Å². The van der Waals surface area contributed by atoms with Gasteiger partial charge in [-0.15, -0.1) is 0 Å². The van der Waals surface area contributed by atoms with E-state index in [1.54, 1.807) is 0 Å². The third kappa shape index (κ3) is 1.88. The van der Waals surface area contributed by atoms with Gasteiger partial charge in [-0.1, -0.05) is 30.3 Å². The maximum atomic E-state index is 11.9. The molecular weight excluding hydrogens is 222 g/mol. The largest absolute Gasteiger partial charge is 0.344 e. The van der Waals surface area contributed by atoms with Crippen molar-refractivity contribution < 1.29 is 4.79 Å². The molecular formula is C16H17NO. The zero-order valence-corrected chi connectivity index (χ0v) is 10.6. The van der Waals surface area contributed by atoms with Crippen LogP contribution in [-0.2, 0) is 13.0 Å². The van der Waals surface area contributed by atoms with Crippen LogP contribution in [0.25, 0.3) is 0 Å². The Labute approximate surface area is 107 Å². The number of nitrogens with zero attached hydrogens (tertiary/aromatic N) is 1. The minimum Gasteiger partial charge on any atom is -0.344 e. The molecule has 1 aromatic heterocycles. The molecule has 2 aromatic rings. The lowest BCUT2D eigenvalue weighted by Gasteiger charge is -2.16. The summed E-state index contributed by atoms with van der Waals surface area (Å²) in [5, 5.41) is 0. The van der Waals surface area contributed by atoms with Crippen LogP contribution in [0.1, 0.15) is 40.2 Å². The van der Waals surface area contributed by atoms with E-state index in [1.807, 2.05) is 6.07 Å². The molecule has 1 aromatic carbocycles. The van der Waals surface area contributed by atoms with Crippen molar-refractivity contribution in [2.75, 3.05) is 0 Å². The van der Waals surface area contributed by atoms with Crippen LogP contribution < -0.4 is 0 Å². The minimum atomic E-state index is 0.311. The standard InChI is InChI=1S/C16H17NO/c1-12-10-14-15(8-5-9-16(14)18)17(12)11-13-6-3-2-4-7-13/h2-4,6-7,10H,5,8-9,11H2,1H3. The van der Waals surface area contributed by atoms with Gasteiger partial charge in [-0.3, -0.25) is 4.79 Å². The van der Waals surface area contributed by atoms with E-state index in [0.717, 1.165) is 24.9 Å². The highest BCUT2D eigenvalue weighted by Crippen LogP contribution is 2.25. The van der Waals surface area contributed by atoms with Crippen molar-refractivity contribution in [2.24, 2.45) is 0 Å². The Kier molecular flexibility index (Phi) is 2.78. The molecule has 18 heavy (non-hydrogen) atoms. The summed E-state index contributed by atoms with van der Waals surface area (Å²) in [6.07, 6.45) is 2.73. The zero-order chi connectivity index (χ0) is 12.5. The smallest absolute Gasteiger partial charge is 0.164 e. The fourth-order valence-electron chi connectivity index (χ4n) is 2.78. The maximum Gasteiger partial charge on any atom is 0.164 e. The Morgan fingerprint density at radius 1 is 1.17 bits per heavy atom. The highest BCUT2D eigenvalue weighted by atomic mass is 16.1. The van der Waals surface area contributed by atoms with Gasteiger partial charge >= 0.3 is 0 Å². The number of fused-ring (bicyclic) bond motifs is 1. The van der Waals surface area contributed by atoms with Crippen LogP contribution in [0.3, 0.4) is 0 Å². The summed E-state index contributed by atoms with van der Waals surface area (Å²) in [5.74, 6) is 0.311. The normalized spacial score (nSPS) is 14.6. The second-order valence-electron chi connectivity index (χ2n) is 4.99. The molecule has 0 unspecified atom stereocenters. The third-order valence-electron chi connectivity index (χ3n) is 3.72. The van der Waals surface area contributed by atoms with Gasteiger partial charge in [-0.05, 0) is 31.4 Å². The first kappa shape index (κ1) is 11.3. The van der Waals surface area contributed by atoms with E-state index in [0.29, 0.717) is 12.2 Å². The molecule has 0 saturated carbocycles. The van der Waals surface area contributed by atoms with Gasteiger partial charge in [0.15, 0.2) is 5.78 Å². The number of aromatic nitrogens is 1.